The van der Waals surface area contributed by atoms with Gasteiger partial charge < -0.3 is 5.32 Å². The molecular formula is C7H13Cl2N3O2. The zero-order valence-electron chi connectivity index (χ0n) is 8.04. The molecule has 0 aromatic carbocycles. The van der Waals surface area contributed by atoms with E-state index < -0.39 is 6.03 Å². The van der Waals surface area contributed by atoms with Crippen molar-refractivity contribution in [2.45, 2.75) is 24.6 Å². The second-order valence-corrected chi connectivity index (χ2v) is 4.40. The Morgan fingerprint density at radius 1 is 1.43 bits per heavy atom. The minimum atomic E-state index is -0.583. The molecule has 0 bridgehead atoms. The highest BCUT2D eigenvalue weighted by molar-refractivity contribution is 6.20. The Hall–Kier alpha value is -0.550. The summed E-state index contributed by atoms with van der Waals surface area (Å²) in [7, 11) is 0. The Kier molecular flexibility index (Phi) is 6.57. The van der Waals surface area contributed by atoms with Crippen LogP contribution in [-0.4, -0.2) is 34.9 Å². The molecule has 0 radical (unpaired) electrons. The Morgan fingerprint density at radius 2 is 2.00 bits per heavy atom. The third kappa shape index (κ3) is 5.99. The van der Waals surface area contributed by atoms with Crippen LogP contribution in [0, 0.1) is 4.91 Å². The van der Waals surface area contributed by atoms with Crippen LogP contribution >= 0.6 is 23.2 Å². The summed E-state index contributed by atoms with van der Waals surface area (Å²) in [5.41, 5.74) is 0. The smallest absolute Gasteiger partial charge is 0.335 e. The van der Waals surface area contributed by atoms with Gasteiger partial charge in [-0.05, 0) is 13.8 Å². The molecule has 5 nitrogen and oxygen atoms in total. The molecule has 0 aliphatic carbocycles. The molecule has 0 aromatic heterocycles. The van der Waals surface area contributed by atoms with Crippen LogP contribution in [0.2, 0.25) is 0 Å². The number of urea groups is 1. The van der Waals surface area contributed by atoms with E-state index in [0.29, 0.717) is 0 Å². The first kappa shape index (κ1) is 13.4. The van der Waals surface area contributed by atoms with Gasteiger partial charge in [-0.3, -0.25) is 0 Å². The lowest BCUT2D eigenvalue weighted by molar-refractivity contribution is 0.200. The largest absolute Gasteiger partial charge is 0.340 e. The molecule has 2 unspecified atom stereocenters. The standard InChI is InChI=1S/C7H13Cl2N3O2/c1-5(8)3-10-7(13)12(11-14)4-6(2)9/h5-6H,3-4H2,1-2H3,(H,10,13). The lowest BCUT2D eigenvalue weighted by atomic mass is 10.4. The van der Waals surface area contributed by atoms with Gasteiger partial charge in [0.1, 0.15) is 0 Å². The van der Waals surface area contributed by atoms with Crippen LogP contribution in [0.5, 0.6) is 0 Å². The number of carbonyl (C=O) groups excluding carboxylic acids is 1. The Balaban J connectivity index is 3.98. The molecule has 0 saturated heterocycles. The first-order valence-electron chi connectivity index (χ1n) is 4.14. The van der Waals surface area contributed by atoms with E-state index in [0.717, 1.165) is 5.01 Å². The molecule has 0 aromatic rings. The van der Waals surface area contributed by atoms with Crippen molar-refractivity contribution in [3.63, 3.8) is 0 Å². The summed E-state index contributed by atoms with van der Waals surface area (Å²) in [6.45, 7) is 3.75. The highest BCUT2D eigenvalue weighted by atomic mass is 35.5. The summed E-state index contributed by atoms with van der Waals surface area (Å²) in [6, 6.07) is -0.583. The van der Waals surface area contributed by atoms with Gasteiger partial charge in [0.25, 0.3) is 0 Å². The summed E-state index contributed by atoms with van der Waals surface area (Å²) in [4.78, 5) is 21.5. The van der Waals surface area contributed by atoms with E-state index in [1.165, 1.54) is 0 Å². The zero-order valence-corrected chi connectivity index (χ0v) is 9.55. The Morgan fingerprint density at radius 3 is 2.36 bits per heavy atom. The molecule has 0 spiro atoms. The second-order valence-electron chi connectivity index (χ2n) is 2.91. The van der Waals surface area contributed by atoms with E-state index in [1.807, 2.05) is 0 Å². The van der Waals surface area contributed by atoms with E-state index in [1.54, 1.807) is 13.8 Å². The fourth-order valence-corrected chi connectivity index (χ4v) is 0.919. The SMILES string of the molecule is CC(Cl)CNC(=O)N(CC(C)Cl)N=O. The lowest BCUT2D eigenvalue weighted by Gasteiger charge is -2.15. The van der Waals surface area contributed by atoms with Crippen LogP contribution in [0.1, 0.15) is 13.8 Å². The number of alkyl halides is 2. The fourth-order valence-electron chi connectivity index (χ4n) is 0.711. The maximum Gasteiger partial charge on any atom is 0.340 e. The average Bonchev–Trinajstić information content (AvgIpc) is 2.09. The maximum absolute atomic E-state index is 11.2. The van der Waals surface area contributed by atoms with Crippen LogP contribution in [0.3, 0.4) is 0 Å². The van der Waals surface area contributed by atoms with Crippen molar-refractivity contribution >= 4 is 29.2 Å². The van der Waals surface area contributed by atoms with Crippen LogP contribution in [0.4, 0.5) is 4.79 Å². The molecule has 2 atom stereocenters. The number of hydrogen-bond donors (Lipinski definition) is 1. The first-order chi connectivity index (χ1) is 6.47. The van der Waals surface area contributed by atoms with Gasteiger partial charge in [-0.1, -0.05) is 0 Å². The molecule has 0 rings (SSSR count). The normalized spacial score (nSPS) is 14.3. The number of halogens is 2. The third-order valence-corrected chi connectivity index (χ3v) is 1.58. The van der Waals surface area contributed by atoms with Crippen molar-refractivity contribution in [1.29, 1.82) is 0 Å². The summed E-state index contributed by atoms with van der Waals surface area (Å²) in [5.74, 6) is 0. The minimum absolute atomic E-state index is 0.0769. The molecule has 82 valence electrons. The van der Waals surface area contributed by atoms with Gasteiger partial charge in [-0.2, -0.15) is 5.01 Å². The summed E-state index contributed by atoms with van der Waals surface area (Å²) < 4.78 is 0. The molecule has 1 N–H and O–H groups in total. The van der Waals surface area contributed by atoms with Crippen LogP contribution in [0.15, 0.2) is 5.29 Å². The maximum atomic E-state index is 11.2. The Labute approximate surface area is 92.7 Å². The van der Waals surface area contributed by atoms with Crippen molar-refractivity contribution in [2.24, 2.45) is 5.29 Å². The summed E-state index contributed by atoms with van der Waals surface area (Å²) in [5, 5.41) is 5.20. The highest BCUT2D eigenvalue weighted by Gasteiger charge is 2.16. The minimum Gasteiger partial charge on any atom is -0.335 e. The molecule has 0 aliphatic rings. The van der Waals surface area contributed by atoms with Gasteiger partial charge in [-0.15, -0.1) is 28.1 Å². The number of carbonyl (C=O) groups is 1. The van der Waals surface area contributed by atoms with Gasteiger partial charge in [0, 0.05) is 11.9 Å². The second kappa shape index (κ2) is 6.84. The molecular weight excluding hydrogens is 229 g/mol. The lowest BCUT2D eigenvalue weighted by Crippen LogP contribution is -2.40. The number of hydrogen-bond acceptors (Lipinski definition) is 3. The molecule has 0 saturated carbocycles. The predicted molar refractivity (Wildman–Crippen MR) is 56.5 cm³/mol. The van der Waals surface area contributed by atoms with Crippen molar-refractivity contribution in [3.8, 4) is 0 Å². The number of nitrogens with one attached hydrogen (secondary N) is 1. The van der Waals surface area contributed by atoms with Crippen molar-refractivity contribution < 1.29 is 4.79 Å². The van der Waals surface area contributed by atoms with E-state index in [-0.39, 0.29) is 23.8 Å². The molecule has 0 fully saturated rings. The van der Waals surface area contributed by atoms with Crippen molar-refractivity contribution in [3.05, 3.63) is 4.91 Å². The Bertz CT molecular complexity index is 199. The van der Waals surface area contributed by atoms with Crippen LogP contribution in [-0.2, 0) is 0 Å². The number of nitrogens with zero attached hydrogens (tertiary/aromatic N) is 2. The van der Waals surface area contributed by atoms with Gasteiger partial charge in [0.15, 0.2) is 0 Å². The quantitative estimate of drug-likeness (QED) is 0.455. The molecule has 7 heteroatoms. The summed E-state index contributed by atoms with van der Waals surface area (Å²) >= 11 is 11.2. The van der Waals surface area contributed by atoms with Gasteiger partial charge >= 0.3 is 6.03 Å². The van der Waals surface area contributed by atoms with Gasteiger partial charge in [0.2, 0.25) is 0 Å². The monoisotopic (exact) mass is 241 g/mol. The van der Waals surface area contributed by atoms with E-state index >= 15 is 0 Å². The molecule has 2 amide bonds. The van der Waals surface area contributed by atoms with E-state index in [2.05, 4.69) is 10.6 Å². The molecule has 0 aliphatic heterocycles. The van der Waals surface area contributed by atoms with E-state index in [9.17, 15) is 9.70 Å². The number of nitroso groups, excluding NO2 is 1. The van der Waals surface area contributed by atoms with Crippen LogP contribution in [0.25, 0.3) is 0 Å². The molecule has 0 heterocycles. The van der Waals surface area contributed by atoms with Crippen LogP contribution < -0.4 is 5.32 Å². The third-order valence-electron chi connectivity index (χ3n) is 1.29. The van der Waals surface area contributed by atoms with Crippen molar-refractivity contribution in [2.75, 3.05) is 13.1 Å². The van der Waals surface area contributed by atoms with Crippen molar-refractivity contribution in [1.82, 2.24) is 10.3 Å². The average molecular weight is 242 g/mol. The fraction of sp³-hybridized carbons (Fsp3) is 0.857. The number of amides is 2. The zero-order chi connectivity index (χ0) is 11.1. The number of rotatable bonds is 5. The van der Waals surface area contributed by atoms with Gasteiger partial charge in [0.05, 0.1) is 17.2 Å². The topological polar surface area (TPSA) is 61.8 Å². The molecule has 14 heavy (non-hydrogen) atoms. The van der Waals surface area contributed by atoms with E-state index in [4.69, 9.17) is 23.2 Å². The summed E-state index contributed by atoms with van der Waals surface area (Å²) in [6.07, 6.45) is 0. The predicted octanol–water partition coefficient (Wildman–Crippen LogP) is 1.93. The van der Waals surface area contributed by atoms with Gasteiger partial charge in [-0.25, -0.2) is 4.79 Å². The highest BCUT2D eigenvalue weighted by Crippen LogP contribution is 2.00. The first-order valence-corrected chi connectivity index (χ1v) is 5.01.